The van der Waals surface area contributed by atoms with Gasteiger partial charge in [0.25, 0.3) is 0 Å². The zero-order chi connectivity index (χ0) is 31.1. The van der Waals surface area contributed by atoms with Gasteiger partial charge >= 0.3 is 6.09 Å². The van der Waals surface area contributed by atoms with Crippen LogP contribution in [0.1, 0.15) is 43.4 Å². The number of carbonyl (C=O) groups excluding carboxylic acids is 2. The van der Waals surface area contributed by atoms with Crippen LogP contribution in [0.4, 0.5) is 4.79 Å². The maximum atomic E-state index is 13.3. The number of sulfonamides is 1. The third-order valence-electron chi connectivity index (χ3n) is 7.30. The van der Waals surface area contributed by atoms with Gasteiger partial charge in [-0.15, -0.1) is 0 Å². The molecule has 9 nitrogen and oxygen atoms in total. The SMILES string of the molecule is CCN(CC)CCCS(=O)(=O)N[C@H](CCc1ccccc1)C(=O)NCc1ccc(-c2ccccc2COC(=O)NC)cc1. The second kappa shape index (κ2) is 17.4. The van der Waals surface area contributed by atoms with Crippen molar-refractivity contribution in [1.82, 2.24) is 20.3 Å². The number of nitrogens with zero attached hydrogens (tertiary/aromatic N) is 1. The van der Waals surface area contributed by atoms with Crippen molar-refractivity contribution >= 4 is 22.0 Å². The number of nitrogens with one attached hydrogen (secondary N) is 3. The normalized spacial score (nSPS) is 12.1. The first-order valence-corrected chi connectivity index (χ1v) is 16.5. The number of carbonyl (C=O) groups is 2. The van der Waals surface area contributed by atoms with Gasteiger partial charge in [0, 0.05) is 13.6 Å². The van der Waals surface area contributed by atoms with Crippen molar-refractivity contribution in [3.05, 3.63) is 95.6 Å². The smallest absolute Gasteiger partial charge is 0.407 e. The van der Waals surface area contributed by atoms with Crippen LogP contribution in [-0.4, -0.2) is 63.8 Å². The molecule has 0 aliphatic rings. The maximum Gasteiger partial charge on any atom is 0.407 e. The minimum absolute atomic E-state index is 0.0320. The first-order chi connectivity index (χ1) is 20.7. The lowest BCUT2D eigenvalue weighted by Gasteiger charge is -2.20. The summed E-state index contributed by atoms with van der Waals surface area (Å²) in [5.74, 6) is -0.389. The van der Waals surface area contributed by atoms with Gasteiger partial charge in [-0.25, -0.2) is 17.9 Å². The lowest BCUT2D eigenvalue weighted by atomic mass is 9.99. The van der Waals surface area contributed by atoms with Gasteiger partial charge in [-0.2, -0.15) is 0 Å². The molecule has 0 aromatic heterocycles. The predicted octanol–water partition coefficient (Wildman–Crippen LogP) is 4.48. The summed E-state index contributed by atoms with van der Waals surface area (Å²) in [6.07, 6.45) is 0.916. The van der Waals surface area contributed by atoms with Gasteiger partial charge < -0.3 is 20.3 Å². The lowest BCUT2D eigenvalue weighted by Crippen LogP contribution is -2.47. The number of benzene rings is 3. The molecule has 3 rings (SSSR count). The molecule has 0 saturated carbocycles. The number of ether oxygens (including phenoxy) is 1. The molecule has 10 heteroatoms. The molecule has 0 saturated heterocycles. The number of hydrogen-bond donors (Lipinski definition) is 3. The Morgan fingerprint density at radius 3 is 2.23 bits per heavy atom. The predicted molar refractivity (Wildman–Crippen MR) is 171 cm³/mol. The van der Waals surface area contributed by atoms with Crippen molar-refractivity contribution < 1.29 is 22.7 Å². The number of alkyl carbamates (subject to hydrolysis) is 1. The first kappa shape index (κ1) is 33.8. The molecule has 232 valence electrons. The van der Waals surface area contributed by atoms with E-state index in [1.807, 2.05) is 78.9 Å². The van der Waals surface area contributed by atoms with E-state index in [2.05, 4.69) is 34.1 Å². The highest BCUT2D eigenvalue weighted by Crippen LogP contribution is 2.25. The molecule has 3 aromatic carbocycles. The zero-order valence-electron chi connectivity index (χ0n) is 25.3. The maximum absolute atomic E-state index is 13.3. The second-order valence-electron chi connectivity index (χ2n) is 10.3. The van der Waals surface area contributed by atoms with Crippen molar-refractivity contribution in [2.24, 2.45) is 0 Å². The summed E-state index contributed by atoms with van der Waals surface area (Å²) in [6, 6.07) is 24.3. The average molecular weight is 609 g/mol. The van der Waals surface area contributed by atoms with E-state index in [1.165, 1.54) is 7.05 Å². The third kappa shape index (κ3) is 11.5. The van der Waals surface area contributed by atoms with E-state index in [0.29, 0.717) is 25.8 Å². The van der Waals surface area contributed by atoms with Crippen LogP contribution in [0.25, 0.3) is 11.1 Å². The van der Waals surface area contributed by atoms with Gasteiger partial charge in [-0.05, 0) is 66.7 Å². The number of rotatable bonds is 17. The van der Waals surface area contributed by atoms with E-state index in [0.717, 1.165) is 40.9 Å². The van der Waals surface area contributed by atoms with E-state index in [-0.39, 0.29) is 24.8 Å². The topological polar surface area (TPSA) is 117 Å². The van der Waals surface area contributed by atoms with Gasteiger partial charge in [0.2, 0.25) is 15.9 Å². The molecule has 43 heavy (non-hydrogen) atoms. The Morgan fingerprint density at radius 2 is 1.56 bits per heavy atom. The van der Waals surface area contributed by atoms with Crippen molar-refractivity contribution in [1.29, 1.82) is 0 Å². The molecule has 0 fully saturated rings. The zero-order valence-corrected chi connectivity index (χ0v) is 26.2. The molecule has 2 amide bonds. The Labute approximate surface area is 256 Å². The largest absolute Gasteiger partial charge is 0.445 e. The molecule has 0 unspecified atom stereocenters. The number of aryl methyl sites for hydroxylation is 1. The first-order valence-electron chi connectivity index (χ1n) is 14.8. The molecule has 3 N–H and O–H groups in total. The van der Waals surface area contributed by atoms with Crippen LogP contribution in [0.5, 0.6) is 0 Å². The van der Waals surface area contributed by atoms with E-state index in [4.69, 9.17) is 4.74 Å². The molecule has 0 radical (unpaired) electrons. The monoisotopic (exact) mass is 608 g/mol. The summed E-state index contributed by atoms with van der Waals surface area (Å²) >= 11 is 0. The quantitative estimate of drug-likeness (QED) is 0.208. The van der Waals surface area contributed by atoms with Crippen LogP contribution in [-0.2, 0) is 39.1 Å². The number of amides is 2. The van der Waals surface area contributed by atoms with Crippen molar-refractivity contribution in [3.8, 4) is 11.1 Å². The molecule has 0 bridgehead atoms. The van der Waals surface area contributed by atoms with Gasteiger partial charge in [0.1, 0.15) is 12.6 Å². The molecule has 0 aliphatic heterocycles. The molecular weight excluding hydrogens is 564 g/mol. The molecule has 3 aromatic rings. The fourth-order valence-electron chi connectivity index (χ4n) is 4.75. The van der Waals surface area contributed by atoms with Crippen LogP contribution < -0.4 is 15.4 Å². The van der Waals surface area contributed by atoms with E-state index in [1.54, 1.807) is 0 Å². The van der Waals surface area contributed by atoms with Gasteiger partial charge in [0.05, 0.1) is 5.75 Å². The van der Waals surface area contributed by atoms with Crippen molar-refractivity contribution in [3.63, 3.8) is 0 Å². The van der Waals surface area contributed by atoms with Crippen molar-refractivity contribution in [2.75, 3.05) is 32.4 Å². The molecule has 0 heterocycles. The van der Waals surface area contributed by atoms with Gasteiger partial charge in [0.15, 0.2) is 0 Å². The van der Waals surface area contributed by atoms with Crippen LogP contribution in [0.3, 0.4) is 0 Å². The summed E-state index contributed by atoms with van der Waals surface area (Å²) in [6.45, 7) is 6.93. The number of hydrogen-bond acceptors (Lipinski definition) is 6. The standard InChI is InChI=1S/C33H44N4O5S/c1-4-37(5-2)22-11-23-43(40,41)36-31(21-18-26-12-7-6-8-13-26)32(38)35-24-27-16-19-28(20-17-27)30-15-10-9-14-29(30)25-42-33(39)34-3/h6-10,12-17,19-20,31,36H,4-5,11,18,21-25H2,1-3H3,(H,34,39)(H,35,38)/t31-/m1/s1. The highest BCUT2D eigenvalue weighted by Gasteiger charge is 2.24. The Bertz CT molecular complexity index is 1390. The van der Waals surface area contributed by atoms with E-state index >= 15 is 0 Å². The van der Waals surface area contributed by atoms with E-state index < -0.39 is 22.2 Å². The highest BCUT2D eigenvalue weighted by atomic mass is 32.2. The van der Waals surface area contributed by atoms with Crippen LogP contribution in [0, 0.1) is 0 Å². The van der Waals surface area contributed by atoms with E-state index in [9.17, 15) is 18.0 Å². The molecular formula is C33H44N4O5S. The third-order valence-corrected chi connectivity index (χ3v) is 8.77. The molecule has 0 spiro atoms. The molecule has 0 aliphatic carbocycles. The fraction of sp³-hybridized carbons (Fsp3) is 0.394. The summed E-state index contributed by atoms with van der Waals surface area (Å²) in [7, 11) is -2.14. The van der Waals surface area contributed by atoms with Gasteiger partial charge in [-0.3, -0.25) is 4.79 Å². The Hall–Kier alpha value is -3.73. The minimum atomic E-state index is -3.65. The van der Waals surface area contributed by atoms with Crippen LogP contribution >= 0.6 is 0 Å². The van der Waals surface area contributed by atoms with Crippen LogP contribution in [0.15, 0.2) is 78.9 Å². The summed E-state index contributed by atoms with van der Waals surface area (Å²) in [4.78, 5) is 27.0. The molecule has 1 atom stereocenters. The Morgan fingerprint density at radius 1 is 0.884 bits per heavy atom. The summed E-state index contributed by atoms with van der Waals surface area (Å²) in [5.41, 5.74) is 4.68. The lowest BCUT2D eigenvalue weighted by molar-refractivity contribution is -0.123. The summed E-state index contributed by atoms with van der Waals surface area (Å²) < 4.78 is 33.8. The Balaban J connectivity index is 1.64. The average Bonchev–Trinajstić information content (AvgIpc) is 3.03. The van der Waals surface area contributed by atoms with Crippen molar-refractivity contribution in [2.45, 2.75) is 52.3 Å². The highest BCUT2D eigenvalue weighted by molar-refractivity contribution is 7.89. The Kier molecular flexibility index (Phi) is 13.7. The van der Waals surface area contributed by atoms with Gasteiger partial charge in [-0.1, -0.05) is 92.7 Å². The fourth-order valence-corrected chi connectivity index (χ4v) is 6.04. The second-order valence-corrected chi connectivity index (χ2v) is 12.2. The summed E-state index contributed by atoms with van der Waals surface area (Å²) in [5, 5.41) is 5.37. The van der Waals surface area contributed by atoms with Crippen LogP contribution in [0.2, 0.25) is 0 Å². The minimum Gasteiger partial charge on any atom is -0.445 e.